The molecule has 100 valence electrons. The van der Waals surface area contributed by atoms with E-state index >= 15 is 0 Å². The van der Waals surface area contributed by atoms with Crippen molar-refractivity contribution in [2.45, 2.75) is 13.5 Å². The molecule has 0 fully saturated rings. The molecule has 4 nitrogen and oxygen atoms in total. The van der Waals surface area contributed by atoms with E-state index in [0.29, 0.717) is 6.54 Å². The molecule has 0 aliphatic carbocycles. The second kappa shape index (κ2) is 6.64. The van der Waals surface area contributed by atoms with Gasteiger partial charge in [-0.25, -0.2) is 0 Å². The van der Waals surface area contributed by atoms with Crippen molar-refractivity contribution in [1.29, 1.82) is 0 Å². The van der Waals surface area contributed by atoms with Gasteiger partial charge in [0.15, 0.2) is 6.61 Å². The molecule has 0 radical (unpaired) electrons. The molecule has 0 bridgehead atoms. The number of hydrogen-bond acceptors (Lipinski definition) is 2. The van der Waals surface area contributed by atoms with E-state index in [1.54, 1.807) is 0 Å². The van der Waals surface area contributed by atoms with E-state index in [1.807, 2.05) is 60.3 Å². The van der Waals surface area contributed by atoms with Crippen molar-refractivity contribution in [3.05, 3.63) is 54.4 Å². The summed E-state index contributed by atoms with van der Waals surface area (Å²) in [5, 5.41) is 2.83. The van der Waals surface area contributed by atoms with Gasteiger partial charge in [-0.2, -0.15) is 0 Å². The highest BCUT2D eigenvalue weighted by molar-refractivity contribution is 5.77. The number of aryl methyl sites for hydroxylation is 1. The van der Waals surface area contributed by atoms with Crippen LogP contribution in [0.4, 0.5) is 0 Å². The second-order valence-corrected chi connectivity index (χ2v) is 4.32. The van der Waals surface area contributed by atoms with Crippen LogP contribution in [0.2, 0.25) is 0 Å². The maximum atomic E-state index is 11.6. The number of aromatic nitrogens is 1. The Morgan fingerprint density at radius 2 is 1.95 bits per heavy atom. The van der Waals surface area contributed by atoms with Gasteiger partial charge in [-0.1, -0.05) is 18.2 Å². The Kier molecular flexibility index (Phi) is 4.61. The van der Waals surface area contributed by atoms with Gasteiger partial charge < -0.3 is 14.6 Å². The molecule has 4 heteroatoms. The monoisotopic (exact) mass is 258 g/mol. The Morgan fingerprint density at radius 3 is 2.68 bits per heavy atom. The van der Waals surface area contributed by atoms with E-state index in [9.17, 15) is 4.79 Å². The Balaban J connectivity index is 1.69. The minimum Gasteiger partial charge on any atom is -0.484 e. The molecular formula is C15H18N2O2. The van der Waals surface area contributed by atoms with Gasteiger partial charge in [0.05, 0.1) is 0 Å². The minimum absolute atomic E-state index is 0.0521. The van der Waals surface area contributed by atoms with Crippen LogP contribution in [0.25, 0.3) is 0 Å². The lowest BCUT2D eigenvalue weighted by molar-refractivity contribution is -0.123. The maximum absolute atomic E-state index is 11.6. The fourth-order valence-corrected chi connectivity index (χ4v) is 1.76. The quantitative estimate of drug-likeness (QED) is 0.861. The zero-order valence-corrected chi connectivity index (χ0v) is 11.0. The summed E-state index contributed by atoms with van der Waals surface area (Å²) in [5.41, 5.74) is 1.03. The van der Waals surface area contributed by atoms with E-state index in [4.69, 9.17) is 4.74 Å². The number of carbonyl (C=O) groups excluding carboxylic acids is 1. The van der Waals surface area contributed by atoms with Gasteiger partial charge in [0, 0.05) is 25.5 Å². The van der Waals surface area contributed by atoms with Crippen LogP contribution in [0.5, 0.6) is 5.75 Å². The largest absolute Gasteiger partial charge is 0.484 e. The number of para-hydroxylation sites is 1. The van der Waals surface area contributed by atoms with Crippen molar-refractivity contribution in [1.82, 2.24) is 9.88 Å². The number of rotatable bonds is 6. The summed E-state index contributed by atoms with van der Waals surface area (Å²) in [4.78, 5) is 11.6. The topological polar surface area (TPSA) is 43.3 Å². The third kappa shape index (κ3) is 4.17. The first-order chi connectivity index (χ1) is 9.25. The molecule has 0 saturated carbocycles. The van der Waals surface area contributed by atoms with Gasteiger partial charge in [0.25, 0.3) is 5.91 Å². The van der Waals surface area contributed by atoms with E-state index in [0.717, 1.165) is 17.9 Å². The zero-order chi connectivity index (χ0) is 13.5. The summed E-state index contributed by atoms with van der Waals surface area (Å²) in [7, 11) is 0. The predicted octanol–water partition coefficient (Wildman–Crippen LogP) is 1.99. The molecule has 19 heavy (non-hydrogen) atoms. The highest BCUT2D eigenvalue weighted by Crippen LogP contribution is 2.15. The molecule has 2 aromatic rings. The van der Waals surface area contributed by atoms with E-state index in [2.05, 4.69) is 5.32 Å². The molecule has 1 amide bonds. The van der Waals surface area contributed by atoms with Gasteiger partial charge in [0.1, 0.15) is 5.75 Å². The third-order valence-electron chi connectivity index (χ3n) is 2.81. The normalized spacial score (nSPS) is 10.2. The first-order valence-corrected chi connectivity index (χ1v) is 6.31. The first-order valence-electron chi connectivity index (χ1n) is 6.31. The lowest BCUT2D eigenvalue weighted by atomic mass is 10.2. The molecule has 1 aromatic heterocycles. The standard InChI is InChI=1S/C15H18N2O2/c1-13-6-2-3-7-14(13)19-12-15(18)16-8-11-17-9-4-5-10-17/h2-7,9-10H,8,11-12H2,1H3,(H,16,18). The molecule has 0 unspecified atom stereocenters. The highest BCUT2D eigenvalue weighted by atomic mass is 16.5. The first kappa shape index (κ1) is 13.2. The van der Waals surface area contributed by atoms with Crippen LogP contribution < -0.4 is 10.1 Å². The summed E-state index contributed by atoms with van der Waals surface area (Å²) in [6, 6.07) is 11.6. The second-order valence-electron chi connectivity index (χ2n) is 4.32. The van der Waals surface area contributed by atoms with Gasteiger partial charge in [-0.05, 0) is 30.7 Å². The number of hydrogen-bond donors (Lipinski definition) is 1. The summed E-state index contributed by atoms with van der Waals surface area (Å²) in [5.74, 6) is 0.651. The van der Waals surface area contributed by atoms with Crippen molar-refractivity contribution >= 4 is 5.91 Å². The Morgan fingerprint density at radius 1 is 1.21 bits per heavy atom. The predicted molar refractivity (Wildman–Crippen MR) is 74.1 cm³/mol. The Hall–Kier alpha value is -2.23. The van der Waals surface area contributed by atoms with Gasteiger partial charge in [-0.3, -0.25) is 4.79 Å². The van der Waals surface area contributed by atoms with Gasteiger partial charge in [0.2, 0.25) is 0 Å². The molecule has 0 aliphatic heterocycles. The SMILES string of the molecule is Cc1ccccc1OCC(=O)NCCn1cccc1. The summed E-state index contributed by atoms with van der Waals surface area (Å²) in [6.45, 7) is 3.38. The van der Waals surface area contributed by atoms with Crippen LogP contribution >= 0.6 is 0 Å². The molecule has 1 N–H and O–H groups in total. The fourth-order valence-electron chi connectivity index (χ4n) is 1.76. The number of carbonyl (C=O) groups is 1. The summed E-state index contributed by atoms with van der Waals surface area (Å²) in [6.07, 6.45) is 3.94. The lowest BCUT2D eigenvalue weighted by Crippen LogP contribution is -2.31. The third-order valence-corrected chi connectivity index (χ3v) is 2.81. The van der Waals surface area contributed by atoms with Crippen molar-refractivity contribution in [2.75, 3.05) is 13.2 Å². The molecule has 0 atom stereocenters. The van der Waals surface area contributed by atoms with Crippen LogP contribution in [-0.4, -0.2) is 23.6 Å². The van der Waals surface area contributed by atoms with Crippen molar-refractivity contribution in [3.8, 4) is 5.75 Å². The number of nitrogens with zero attached hydrogens (tertiary/aromatic N) is 1. The van der Waals surface area contributed by atoms with Gasteiger partial charge in [-0.15, -0.1) is 0 Å². The van der Waals surface area contributed by atoms with Crippen molar-refractivity contribution < 1.29 is 9.53 Å². The Bertz CT molecular complexity index is 521. The molecule has 2 rings (SSSR count). The lowest BCUT2D eigenvalue weighted by Gasteiger charge is -2.09. The molecule has 1 aromatic carbocycles. The number of amides is 1. The zero-order valence-electron chi connectivity index (χ0n) is 11.0. The van der Waals surface area contributed by atoms with Crippen LogP contribution in [0.3, 0.4) is 0 Å². The van der Waals surface area contributed by atoms with Crippen LogP contribution in [0, 0.1) is 6.92 Å². The van der Waals surface area contributed by atoms with Crippen LogP contribution in [-0.2, 0) is 11.3 Å². The average Bonchev–Trinajstić information content (AvgIpc) is 2.91. The van der Waals surface area contributed by atoms with Crippen LogP contribution in [0.1, 0.15) is 5.56 Å². The average molecular weight is 258 g/mol. The highest BCUT2D eigenvalue weighted by Gasteiger charge is 2.03. The van der Waals surface area contributed by atoms with Gasteiger partial charge >= 0.3 is 0 Å². The number of benzene rings is 1. The summed E-state index contributed by atoms with van der Waals surface area (Å²) < 4.78 is 7.48. The molecule has 0 spiro atoms. The van der Waals surface area contributed by atoms with Crippen LogP contribution in [0.15, 0.2) is 48.8 Å². The summed E-state index contributed by atoms with van der Waals surface area (Å²) >= 11 is 0. The van der Waals surface area contributed by atoms with Crippen molar-refractivity contribution in [2.24, 2.45) is 0 Å². The maximum Gasteiger partial charge on any atom is 0.258 e. The van der Waals surface area contributed by atoms with Crippen molar-refractivity contribution in [3.63, 3.8) is 0 Å². The number of nitrogens with one attached hydrogen (secondary N) is 1. The Labute approximate surface area is 113 Å². The fraction of sp³-hybridized carbons (Fsp3) is 0.267. The molecule has 0 saturated heterocycles. The van der Waals surface area contributed by atoms with E-state index < -0.39 is 0 Å². The smallest absolute Gasteiger partial charge is 0.258 e. The molecular weight excluding hydrogens is 240 g/mol. The van der Waals surface area contributed by atoms with E-state index in [1.165, 1.54) is 0 Å². The minimum atomic E-state index is -0.101. The van der Waals surface area contributed by atoms with E-state index in [-0.39, 0.29) is 12.5 Å². The number of ether oxygens (including phenoxy) is 1. The molecule has 1 heterocycles. The molecule has 0 aliphatic rings.